The summed E-state index contributed by atoms with van der Waals surface area (Å²) in [5.41, 5.74) is 1.36. The molecule has 134 valence electrons. The van der Waals surface area contributed by atoms with Gasteiger partial charge < -0.3 is 14.8 Å². The van der Waals surface area contributed by atoms with Gasteiger partial charge in [-0.3, -0.25) is 9.78 Å². The van der Waals surface area contributed by atoms with Crippen LogP contribution in [0.3, 0.4) is 0 Å². The number of carbonyl (C=O) groups is 1. The van der Waals surface area contributed by atoms with Crippen LogP contribution in [0.1, 0.15) is 55.7 Å². The van der Waals surface area contributed by atoms with Gasteiger partial charge in [0.15, 0.2) is 11.5 Å². The number of nitrogens with one attached hydrogen (secondary N) is 1. The van der Waals surface area contributed by atoms with Gasteiger partial charge in [-0.2, -0.15) is 0 Å². The van der Waals surface area contributed by atoms with Crippen LogP contribution in [0.25, 0.3) is 0 Å². The zero-order chi connectivity index (χ0) is 18.1. The average molecular weight is 342 g/mol. The molecule has 0 aliphatic heterocycles. The highest BCUT2D eigenvalue weighted by atomic mass is 16.5. The third-order valence-electron chi connectivity index (χ3n) is 3.74. The van der Waals surface area contributed by atoms with Crippen molar-refractivity contribution in [1.82, 2.24) is 10.3 Å². The number of carbonyl (C=O) groups excluding carboxylic acids is 1. The Kier molecular flexibility index (Phi) is 7.26. The number of benzene rings is 1. The van der Waals surface area contributed by atoms with Crippen molar-refractivity contribution < 1.29 is 14.3 Å². The lowest BCUT2D eigenvalue weighted by Gasteiger charge is -2.15. The van der Waals surface area contributed by atoms with Crippen molar-refractivity contribution in [3.8, 4) is 11.5 Å². The van der Waals surface area contributed by atoms with Crippen molar-refractivity contribution in [2.75, 3.05) is 13.2 Å². The monoisotopic (exact) mass is 342 g/mol. The normalized spacial score (nSPS) is 11.6. The molecular weight excluding hydrogens is 316 g/mol. The van der Waals surface area contributed by atoms with Crippen molar-refractivity contribution in [3.63, 3.8) is 0 Å². The number of aromatic nitrogens is 1. The van der Waals surface area contributed by atoms with Gasteiger partial charge in [0.2, 0.25) is 0 Å². The van der Waals surface area contributed by atoms with E-state index in [1.165, 1.54) is 0 Å². The second-order valence-corrected chi connectivity index (χ2v) is 5.75. The minimum atomic E-state index is -0.176. The molecule has 1 N–H and O–H groups in total. The maximum Gasteiger partial charge on any atom is 0.251 e. The Balaban J connectivity index is 2.09. The van der Waals surface area contributed by atoms with E-state index in [2.05, 4.69) is 17.2 Å². The molecule has 1 aromatic heterocycles. The summed E-state index contributed by atoms with van der Waals surface area (Å²) in [5.74, 6) is 1.10. The number of nitrogens with zero attached hydrogens (tertiary/aromatic N) is 1. The highest BCUT2D eigenvalue weighted by Crippen LogP contribution is 2.29. The zero-order valence-electron chi connectivity index (χ0n) is 15.1. The van der Waals surface area contributed by atoms with E-state index < -0.39 is 0 Å². The Morgan fingerprint density at radius 1 is 1.16 bits per heavy atom. The first kappa shape index (κ1) is 18.8. The fourth-order valence-electron chi connectivity index (χ4n) is 2.35. The van der Waals surface area contributed by atoms with Gasteiger partial charge in [-0.25, -0.2) is 0 Å². The van der Waals surface area contributed by atoms with Crippen LogP contribution in [0.2, 0.25) is 0 Å². The Morgan fingerprint density at radius 3 is 2.68 bits per heavy atom. The van der Waals surface area contributed by atoms with E-state index in [-0.39, 0.29) is 11.9 Å². The Labute approximate surface area is 149 Å². The third-order valence-corrected chi connectivity index (χ3v) is 3.74. The van der Waals surface area contributed by atoms with Gasteiger partial charge in [-0.1, -0.05) is 19.4 Å². The average Bonchev–Trinajstić information content (AvgIpc) is 2.64. The Hall–Kier alpha value is -2.56. The lowest BCUT2D eigenvalue weighted by Crippen LogP contribution is -2.27. The molecule has 0 bridgehead atoms. The minimum Gasteiger partial charge on any atom is -0.490 e. The smallest absolute Gasteiger partial charge is 0.251 e. The van der Waals surface area contributed by atoms with Gasteiger partial charge in [-0.15, -0.1) is 0 Å². The van der Waals surface area contributed by atoms with Gasteiger partial charge in [0.1, 0.15) is 0 Å². The number of hydrogen-bond acceptors (Lipinski definition) is 4. The predicted octanol–water partition coefficient (Wildman–Crippen LogP) is 4.15. The molecule has 0 saturated heterocycles. The quantitative estimate of drug-likeness (QED) is 0.696. The van der Waals surface area contributed by atoms with E-state index in [0.717, 1.165) is 18.5 Å². The molecule has 2 rings (SSSR count). The molecule has 0 fully saturated rings. The van der Waals surface area contributed by atoms with Crippen molar-refractivity contribution in [3.05, 3.63) is 53.9 Å². The van der Waals surface area contributed by atoms with E-state index in [4.69, 9.17) is 9.47 Å². The van der Waals surface area contributed by atoms with Crippen LogP contribution in [0.4, 0.5) is 0 Å². The Morgan fingerprint density at radius 2 is 2.00 bits per heavy atom. The molecule has 1 aromatic carbocycles. The topological polar surface area (TPSA) is 60.5 Å². The molecule has 2 aromatic rings. The zero-order valence-corrected chi connectivity index (χ0v) is 15.1. The van der Waals surface area contributed by atoms with E-state index >= 15 is 0 Å². The number of amides is 1. The highest BCUT2D eigenvalue weighted by Gasteiger charge is 2.15. The van der Waals surface area contributed by atoms with Crippen LogP contribution in [0, 0.1) is 0 Å². The van der Waals surface area contributed by atoms with Crippen LogP contribution in [-0.4, -0.2) is 24.1 Å². The number of rotatable bonds is 9. The molecule has 25 heavy (non-hydrogen) atoms. The SMILES string of the molecule is CCCCOc1ccc(C(=O)NC(C)c2ccccn2)cc1OCC. The van der Waals surface area contributed by atoms with E-state index in [1.807, 2.05) is 32.0 Å². The largest absolute Gasteiger partial charge is 0.490 e. The standard InChI is InChI=1S/C20H26N2O3/c1-4-6-13-25-18-11-10-16(14-19(18)24-5-2)20(23)22-15(3)17-9-7-8-12-21-17/h7-12,14-15H,4-6,13H2,1-3H3,(H,22,23). The molecular formula is C20H26N2O3. The summed E-state index contributed by atoms with van der Waals surface area (Å²) in [4.78, 5) is 16.8. The number of hydrogen-bond donors (Lipinski definition) is 1. The van der Waals surface area contributed by atoms with E-state index in [1.54, 1.807) is 24.4 Å². The maximum atomic E-state index is 12.5. The summed E-state index contributed by atoms with van der Waals surface area (Å²) in [6, 6.07) is 10.7. The molecule has 1 atom stereocenters. The summed E-state index contributed by atoms with van der Waals surface area (Å²) in [7, 11) is 0. The molecule has 0 radical (unpaired) electrons. The summed E-state index contributed by atoms with van der Waals surface area (Å²) in [5, 5.41) is 2.96. The van der Waals surface area contributed by atoms with Gasteiger partial charge in [0.05, 0.1) is 24.9 Å². The molecule has 5 heteroatoms. The second kappa shape index (κ2) is 9.67. The van der Waals surface area contributed by atoms with Crippen LogP contribution >= 0.6 is 0 Å². The molecule has 5 nitrogen and oxygen atoms in total. The van der Waals surface area contributed by atoms with Gasteiger partial charge in [-0.05, 0) is 50.6 Å². The lowest BCUT2D eigenvalue weighted by molar-refractivity contribution is 0.0938. The van der Waals surface area contributed by atoms with Crippen LogP contribution in [0.15, 0.2) is 42.6 Å². The maximum absolute atomic E-state index is 12.5. The summed E-state index contributed by atoms with van der Waals surface area (Å²) < 4.78 is 11.4. The van der Waals surface area contributed by atoms with Crippen molar-refractivity contribution in [2.24, 2.45) is 0 Å². The fourth-order valence-corrected chi connectivity index (χ4v) is 2.35. The minimum absolute atomic E-state index is 0.167. The Bertz CT molecular complexity index is 674. The van der Waals surface area contributed by atoms with E-state index in [0.29, 0.717) is 30.3 Å². The van der Waals surface area contributed by atoms with Gasteiger partial charge in [0, 0.05) is 11.8 Å². The van der Waals surface area contributed by atoms with Crippen molar-refractivity contribution >= 4 is 5.91 Å². The third kappa shape index (κ3) is 5.48. The highest BCUT2D eigenvalue weighted by molar-refractivity contribution is 5.95. The van der Waals surface area contributed by atoms with Crippen LogP contribution < -0.4 is 14.8 Å². The van der Waals surface area contributed by atoms with Crippen LogP contribution in [0.5, 0.6) is 11.5 Å². The molecule has 1 heterocycles. The van der Waals surface area contributed by atoms with E-state index in [9.17, 15) is 4.79 Å². The molecule has 0 aliphatic carbocycles. The first-order chi connectivity index (χ1) is 12.2. The molecule has 1 unspecified atom stereocenters. The first-order valence-electron chi connectivity index (χ1n) is 8.77. The van der Waals surface area contributed by atoms with Crippen molar-refractivity contribution in [2.45, 2.75) is 39.7 Å². The lowest BCUT2D eigenvalue weighted by atomic mass is 10.1. The summed E-state index contributed by atoms with van der Waals surface area (Å²) >= 11 is 0. The first-order valence-corrected chi connectivity index (χ1v) is 8.77. The summed E-state index contributed by atoms with van der Waals surface area (Å²) in [6.45, 7) is 7.08. The number of pyridine rings is 1. The van der Waals surface area contributed by atoms with Gasteiger partial charge >= 0.3 is 0 Å². The summed E-state index contributed by atoms with van der Waals surface area (Å²) in [6.07, 6.45) is 3.76. The molecule has 0 spiro atoms. The fraction of sp³-hybridized carbons (Fsp3) is 0.400. The van der Waals surface area contributed by atoms with Crippen molar-refractivity contribution in [1.29, 1.82) is 0 Å². The molecule has 0 saturated carbocycles. The molecule has 1 amide bonds. The predicted molar refractivity (Wildman–Crippen MR) is 98.1 cm³/mol. The number of ether oxygens (including phenoxy) is 2. The van der Waals surface area contributed by atoms with Crippen LogP contribution in [-0.2, 0) is 0 Å². The molecule has 0 aliphatic rings. The number of unbranched alkanes of at least 4 members (excludes halogenated alkanes) is 1. The second-order valence-electron chi connectivity index (χ2n) is 5.75. The van der Waals surface area contributed by atoms with Gasteiger partial charge in [0.25, 0.3) is 5.91 Å².